The zero-order valence-electron chi connectivity index (χ0n) is 34.5. The van der Waals surface area contributed by atoms with E-state index in [1.807, 2.05) is 44.2 Å². The Hall–Kier alpha value is -2.16. The van der Waals surface area contributed by atoms with E-state index >= 15 is 0 Å². The Morgan fingerprint density at radius 3 is 2.45 bits per heavy atom. The molecule has 16 nitrogen and oxygen atoms in total. The van der Waals surface area contributed by atoms with E-state index in [4.69, 9.17) is 37.9 Å². The van der Waals surface area contributed by atoms with Gasteiger partial charge in [0.05, 0.1) is 60.4 Å². The molecule has 6 fully saturated rings. The number of rotatable bonds is 12. The van der Waals surface area contributed by atoms with E-state index in [-0.39, 0.29) is 38.4 Å². The highest BCUT2D eigenvalue weighted by Crippen LogP contribution is 2.72. The molecule has 0 radical (unpaired) electrons. The van der Waals surface area contributed by atoms with Crippen LogP contribution in [0.3, 0.4) is 0 Å². The van der Waals surface area contributed by atoms with E-state index in [9.17, 15) is 25.5 Å². The van der Waals surface area contributed by atoms with Crippen molar-refractivity contribution < 1.29 is 63.4 Å². The van der Waals surface area contributed by atoms with Crippen LogP contribution in [0.1, 0.15) is 90.0 Å². The molecule has 1 spiro atoms. The molecule has 4 aliphatic carbocycles. The normalized spacial score (nSPS) is 45.1. The quantitative estimate of drug-likeness (QED) is 0.154. The summed E-state index contributed by atoms with van der Waals surface area (Å²) in [6.07, 6.45) is -3.62. The molecule has 8 rings (SSSR count). The number of aromatic nitrogens is 3. The van der Waals surface area contributed by atoms with Crippen molar-refractivity contribution in [1.82, 2.24) is 15.0 Å². The Balaban J connectivity index is 1.08. The summed E-state index contributed by atoms with van der Waals surface area (Å²) in [5, 5.41) is 69.4. The van der Waals surface area contributed by atoms with Crippen LogP contribution in [-0.4, -0.2) is 141 Å². The number of benzene rings is 1. The van der Waals surface area contributed by atoms with Gasteiger partial charge in [-0.05, 0) is 70.3 Å². The van der Waals surface area contributed by atoms with Gasteiger partial charge in [-0.25, -0.2) is 4.68 Å². The Morgan fingerprint density at radius 1 is 0.966 bits per heavy atom. The second-order valence-corrected chi connectivity index (χ2v) is 18.5. The Bertz CT molecular complexity index is 1720. The lowest BCUT2D eigenvalue weighted by molar-refractivity contribution is -0.411. The minimum Gasteiger partial charge on any atom is -0.389 e. The van der Waals surface area contributed by atoms with Gasteiger partial charge in [0.15, 0.2) is 12.1 Å². The Morgan fingerprint density at radius 2 is 1.71 bits per heavy atom. The molecule has 1 aromatic heterocycles. The van der Waals surface area contributed by atoms with Gasteiger partial charge >= 0.3 is 0 Å². The Labute approximate surface area is 340 Å². The average molecular weight is 818 g/mol. The van der Waals surface area contributed by atoms with Crippen molar-refractivity contribution in [2.45, 2.75) is 151 Å². The van der Waals surface area contributed by atoms with E-state index in [2.05, 4.69) is 17.2 Å². The average Bonchev–Trinajstić information content (AvgIpc) is 3.76. The van der Waals surface area contributed by atoms with Crippen LogP contribution in [-0.2, 0) is 44.4 Å². The number of nitrogens with zero attached hydrogens (tertiary/aromatic N) is 3. The fourth-order valence-corrected chi connectivity index (χ4v) is 12.4. The minimum absolute atomic E-state index is 0.00590. The van der Waals surface area contributed by atoms with Gasteiger partial charge < -0.3 is 63.4 Å². The lowest BCUT2D eigenvalue weighted by Crippen LogP contribution is -2.78. The molecule has 0 amide bonds. The van der Waals surface area contributed by atoms with Crippen LogP contribution in [0.25, 0.3) is 0 Å². The van der Waals surface area contributed by atoms with Crippen molar-refractivity contribution in [3.05, 3.63) is 47.8 Å². The molecule has 0 bridgehead atoms. The summed E-state index contributed by atoms with van der Waals surface area (Å²) in [5.41, 5.74) is -2.94. The summed E-state index contributed by atoms with van der Waals surface area (Å²) < 4.78 is 50.3. The van der Waals surface area contributed by atoms with Gasteiger partial charge in [0.25, 0.3) is 0 Å². The SMILES string of the molecule is COCO[C@@H]1[C@@H](O)[C@@H](O)[C@H](O[C@H]2C[C@H]3OC(C)(C)OC[C@]34C3C(CC[C@]4(O)C2)[C@@]2(O)CC[C@H](C(O)c4cn(Cc5ccccc5)nn4)[C@@]2(C)C[C@H]3OCOC)O[C@H]1C. The molecule has 58 heavy (non-hydrogen) atoms. The molecular formula is C42H63N3O13. The van der Waals surface area contributed by atoms with Crippen molar-refractivity contribution in [3.8, 4) is 0 Å². The van der Waals surface area contributed by atoms with Gasteiger partial charge in [-0.3, -0.25) is 0 Å². The van der Waals surface area contributed by atoms with E-state index in [0.717, 1.165) is 5.56 Å². The largest absolute Gasteiger partial charge is 0.389 e. The van der Waals surface area contributed by atoms with Gasteiger partial charge in [-0.15, -0.1) is 5.10 Å². The van der Waals surface area contributed by atoms with Crippen molar-refractivity contribution in [2.24, 2.45) is 28.6 Å². The topological polar surface area (TPSA) is 206 Å². The summed E-state index contributed by atoms with van der Waals surface area (Å²) in [5.74, 6) is -2.13. The number of ether oxygens (including phenoxy) is 8. The first kappa shape index (κ1) is 42.5. The van der Waals surface area contributed by atoms with Crippen molar-refractivity contribution in [1.29, 1.82) is 0 Å². The lowest BCUT2D eigenvalue weighted by Gasteiger charge is -2.71. The van der Waals surface area contributed by atoms with Gasteiger partial charge in [-0.1, -0.05) is 42.5 Å². The molecule has 4 saturated carbocycles. The minimum atomic E-state index is -1.42. The van der Waals surface area contributed by atoms with Crippen LogP contribution >= 0.6 is 0 Å². The standard InChI is InChI=1S/C42H63N3O13/c1-24-36(54-23-52-6)34(47)35(48)37(56-24)57-26-16-31-41(21-55-38(2,3)58-31)32-27(12-14-40(41,49)17-26)42(50)15-13-28(39(42,4)18-30(32)53-22-51-5)33(46)29-20-45(44-43-29)19-25-10-8-7-9-11-25/h7-11,20,24,26-28,30-37,46-50H,12-19,21-23H2,1-6H3/t24-,26-,27?,28+,30+,31+,32?,33?,34-,35+,36-,37-,39+,40-,41+,42-/m0/s1. The third-order valence-electron chi connectivity index (χ3n) is 15.1. The van der Waals surface area contributed by atoms with Crippen LogP contribution in [0.5, 0.6) is 0 Å². The second kappa shape index (κ2) is 15.9. The molecule has 1 aromatic carbocycles. The molecular weight excluding hydrogens is 754 g/mol. The van der Waals surface area contributed by atoms with E-state index in [1.165, 1.54) is 7.11 Å². The van der Waals surface area contributed by atoms with Crippen molar-refractivity contribution in [2.75, 3.05) is 34.4 Å². The summed E-state index contributed by atoms with van der Waals surface area (Å²) >= 11 is 0. The molecule has 324 valence electrons. The van der Waals surface area contributed by atoms with E-state index in [1.54, 1.807) is 24.9 Å². The lowest BCUT2D eigenvalue weighted by atomic mass is 9.40. The molecule has 16 heteroatoms. The zero-order valence-corrected chi connectivity index (χ0v) is 34.5. The molecule has 6 aliphatic rings. The summed E-state index contributed by atoms with van der Waals surface area (Å²) in [4.78, 5) is 0. The molecule has 5 N–H and O–H groups in total. The molecule has 3 heterocycles. The third kappa shape index (κ3) is 6.97. The van der Waals surface area contributed by atoms with E-state index < -0.39 is 88.9 Å². The first-order valence-electron chi connectivity index (χ1n) is 20.9. The van der Waals surface area contributed by atoms with Crippen LogP contribution in [0.4, 0.5) is 0 Å². The van der Waals surface area contributed by atoms with Crippen molar-refractivity contribution in [3.63, 3.8) is 0 Å². The van der Waals surface area contributed by atoms with Gasteiger partial charge in [0.2, 0.25) is 0 Å². The highest BCUT2D eigenvalue weighted by atomic mass is 16.7. The molecule has 16 atom stereocenters. The Kier molecular flexibility index (Phi) is 11.7. The maximum atomic E-state index is 13.2. The van der Waals surface area contributed by atoms with Crippen LogP contribution < -0.4 is 0 Å². The smallest absolute Gasteiger partial charge is 0.186 e. The fraction of sp³-hybridized carbons (Fsp3) is 0.810. The van der Waals surface area contributed by atoms with Gasteiger partial charge in [0.1, 0.15) is 43.7 Å². The predicted octanol–water partition coefficient (Wildman–Crippen LogP) is 2.43. The number of fused-ring (bicyclic) bond motifs is 3. The first-order chi connectivity index (χ1) is 27.6. The van der Waals surface area contributed by atoms with Crippen LogP contribution in [0.2, 0.25) is 0 Å². The summed E-state index contributed by atoms with van der Waals surface area (Å²) in [6.45, 7) is 8.08. The summed E-state index contributed by atoms with van der Waals surface area (Å²) in [7, 11) is 3.04. The highest BCUT2D eigenvalue weighted by molar-refractivity contribution is 5.26. The number of methoxy groups -OCH3 is 2. The first-order valence-corrected chi connectivity index (χ1v) is 20.9. The third-order valence-corrected chi connectivity index (χ3v) is 15.1. The maximum Gasteiger partial charge on any atom is 0.186 e. The highest BCUT2D eigenvalue weighted by Gasteiger charge is 2.77. The predicted molar refractivity (Wildman–Crippen MR) is 203 cm³/mol. The van der Waals surface area contributed by atoms with Crippen LogP contribution in [0.15, 0.2) is 36.5 Å². The summed E-state index contributed by atoms with van der Waals surface area (Å²) in [6, 6.07) is 9.94. The second-order valence-electron chi connectivity index (χ2n) is 18.5. The van der Waals surface area contributed by atoms with Gasteiger partial charge in [-0.2, -0.15) is 0 Å². The maximum absolute atomic E-state index is 13.2. The monoisotopic (exact) mass is 817 g/mol. The number of hydrogen-bond donors (Lipinski definition) is 5. The molecule has 2 saturated heterocycles. The molecule has 2 aliphatic heterocycles. The number of aliphatic hydroxyl groups excluding tert-OH is 3. The number of hydrogen-bond acceptors (Lipinski definition) is 15. The fourth-order valence-electron chi connectivity index (χ4n) is 12.4. The van der Waals surface area contributed by atoms with Gasteiger partial charge in [0, 0.05) is 38.4 Å². The molecule has 3 unspecified atom stereocenters. The van der Waals surface area contributed by atoms with Crippen LogP contribution in [0, 0.1) is 28.6 Å². The zero-order chi connectivity index (χ0) is 41.3. The van der Waals surface area contributed by atoms with Crippen molar-refractivity contribution >= 4 is 0 Å². The molecule has 2 aromatic rings. The van der Waals surface area contributed by atoms with E-state index in [0.29, 0.717) is 50.8 Å². The number of aliphatic hydroxyl groups is 5.